The summed E-state index contributed by atoms with van der Waals surface area (Å²) >= 11 is 6.51. The first-order valence-electron chi connectivity index (χ1n) is 4.31. The molecule has 0 aliphatic heterocycles. The molecule has 0 atom stereocenters. The summed E-state index contributed by atoms with van der Waals surface area (Å²) in [7, 11) is 0. The molecule has 86 valence electrons. The van der Waals surface area contributed by atoms with Gasteiger partial charge in [-0.15, -0.1) is 0 Å². The highest BCUT2D eigenvalue weighted by molar-refractivity contribution is 9.11. The standard InChI is InChI=1S/C9H9Br2N3O2/c1-4(15)12-8-6(10)3-7(11)9(14-8)13-5(2)16/h3H,1-2H3,(H2,12,13,14,15,16). The molecule has 0 fully saturated rings. The first-order valence-corrected chi connectivity index (χ1v) is 5.90. The fraction of sp³-hybridized carbons (Fsp3) is 0.222. The summed E-state index contributed by atoms with van der Waals surface area (Å²) in [5, 5.41) is 5.09. The van der Waals surface area contributed by atoms with Crippen molar-refractivity contribution in [1.29, 1.82) is 0 Å². The highest BCUT2D eigenvalue weighted by Crippen LogP contribution is 2.29. The molecule has 1 aromatic rings. The molecule has 0 saturated heterocycles. The van der Waals surface area contributed by atoms with E-state index in [2.05, 4.69) is 47.5 Å². The Kier molecular flexibility index (Phi) is 4.43. The van der Waals surface area contributed by atoms with Gasteiger partial charge in [0.1, 0.15) is 11.6 Å². The molecule has 16 heavy (non-hydrogen) atoms. The lowest BCUT2D eigenvalue weighted by molar-refractivity contribution is -0.115. The van der Waals surface area contributed by atoms with Crippen molar-refractivity contribution in [3.63, 3.8) is 0 Å². The Labute approximate surface area is 109 Å². The van der Waals surface area contributed by atoms with E-state index in [0.29, 0.717) is 20.6 Å². The molecule has 2 N–H and O–H groups in total. The Hall–Kier alpha value is -0.950. The molecule has 7 heteroatoms. The fourth-order valence-corrected chi connectivity index (χ4v) is 2.12. The maximum absolute atomic E-state index is 10.9. The summed E-state index contributed by atoms with van der Waals surface area (Å²) in [6, 6.07) is 1.70. The molecule has 0 saturated carbocycles. The van der Waals surface area contributed by atoms with Gasteiger partial charge in [0.25, 0.3) is 0 Å². The van der Waals surface area contributed by atoms with Gasteiger partial charge in [0.05, 0.1) is 8.95 Å². The highest BCUT2D eigenvalue weighted by Gasteiger charge is 2.10. The predicted octanol–water partition coefficient (Wildman–Crippen LogP) is 2.52. The van der Waals surface area contributed by atoms with Crippen LogP contribution in [0.1, 0.15) is 13.8 Å². The Morgan fingerprint density at radius 3 is 1.75 bits per heavy atom. The molecule has 0 radical (unpaired) electrons. The quantitative estimate of drug-likeness (QED) is 0.860. The third kappa shape index (κ3) is 3.57. The molecule has 0 aliphatic carbocycles. The average molecular weight is 351 g/mol. The minimum Gasteiger partial charge on any atom is -0.310 e. The number of pyridine rings is 1. The molecule has 0 unspecified atom stereocenters. The van der Waals surface area contributed by atoms with Crippen LogP contribution >= 0.6 is 31.9 Å². The number of rotatable bonds is 2. The molecule has 1 heterocycles. The maximum atomic E-state index is 10.9. The zero-order valence-electron chi connectivity index (χ0n) is 8.60. The topological polar surface area (TPSA) is 71.1 Å². The van der Waals surface area contributed by atoms with Crippen LogP contribution in [0.25, 0.3) is 0 Å². The number of amides is 2. The summed E-state index contributed by atoms with van der Waals surface area (Å²) in [5.41, 5.74) is 0. The fourth-order valence-electron chi connectivity index (χ4n) is 0.975. The average Bonchev–Trinajstić information content (AvgIpc) is 2.11. The van der Waals surface area contributed by atoms with E-state index in [4.69, 9.17) is 0 Å². The number of carbonyl (C=O) groups is 2. The van der Waals surface area contributed by atoms with Gasteiger partial charge in [-0.05, 0) is 37.9 Å². The number of aromatic nitrogens is 1. The van der Waals surface area contributed by atoms with Gasteiger partial charge in [0, 0.05) is 13.8 Å². The third-order valence-electron chi connectivity index (χ3n) is 1.52. The lowest BCUT2D eigenvalue weighted by atomic mass is 10.4. The molecule has 1 rings (SSSR count). The van der Waals surface area contributed by atoms with Crippen molar-refractivity contribution >= 4 is 55.3 Å². The number of carbonyl (C=O) groups excluding carboxylic acids is 2. The smallest absolute Gasteiger partial charge is 0.222 e. The molecule has 2 amide bonds. The van der Waals surface area contributed by atoms with Crippen LogP contribution in [0.15, 0.2) is 15.0 Å². The van der Waals surface area contributed by atoms with Crippen LogP contribution in [0, 0.1) is 0 Å². The van der Waals surface area contributed by atoms with E-state index in [1.54, 1.807) is 6.07 Å². The maximum Gasteiger partial charge on any atom is 0.222 e. The molecule has 0 aliphatic rings. The zero-order chi connectivity index (χ0) is 12.3. The van der Waals surface area contributed by atoms with Crippen LogP contribution < -0.4 is 10.6 Å². The molecule has 0 spiro atoms. The van der Waals surface area contributed by atoms with Crippen LogP contribution in [-0.2, 0) is 9.59 Å². The van der Waals surface area contributed by atoms with Crippen LogP contribution in [0.4, 0.5) is 11.6 Å². The first-order chi connectivity index (χ1) is 7.40. The van der Waals surface area contributed by atoms with Gasteiger partial charge in [-0.25, -0.2) is 4.98 Å². The second kappa shape index (κ2) is 5.40. The number of nitrogens with one attached hydrogen (secondary N) is 2. The van der Waals surface area contributed by atoms with Crippen molar-refractivity contribution in [3.05, 3.63) is 15.0 Å². The Bertz CT molecular complexity index is 411. The first kappa shape index (κ1) is 13.1. The second-order valence-corrected chi connectivity index (χ2v) is 4.72. The van der Waals surface area contributed by atoms with Gasteiger partial charge in [-0.3, -0.25) is 9.59 Å². The van der Waals surface area contributed by atoms with Crippen molar-refractivity contribution in [2.24, 2.45) is 0 Å². The normalized spacial score (nSPS) is 9.75. The molecule has 5 nitrogen and oxygen atoms in total. The van der Waals surface area contributed by atoms with Crippen molar-refractivity contribution in [2.45, 2.75) is 13.8 Å². The zero-order valence-corrected chi connectivity index (χ0v) is 11.8. The molecular weight excluding hydrogens is 342 g/mol. The molecular formula is C9H9Br2N3O2. The van der Waals surface area contributed by atoms with Crippen molar-refractivity contribution < 1.29 is 9.59 Å². The summed E-state index contributed by atoms with van der Waals surface area (Å²) in [5.74, 6) is 0.257. The predicted molar refractivity (Wildman–Crippen MR) is 68.2 cm³/mol. The monoisotopic (exact) mass is 349 g/mol. The van der Waals surface area contributed by atoms with E-state index in [1.807, 2.05) is 0 Å². The largest absolute Gasteiger partial charge is 0.310 e. The van der Waals surface area contributed by atoms with Crippen molar-refractivity contribution in [2.75, 3.05) is 10.6 Å². The summed E-state index contributed by atoms with van der Waals surface area (Å²) in [6.07, 6.45) is 0. The summed E-state index contributed by atoms with van der Waals surface area (Å²) in [6.45, 7) is 2.77. The lowest BCUT2D eigenvalue weighted by Gasteiger charge is -2.09. The van der Waals surface area contributed by atoms with Crippen molar-refractivity contribution in [3.8, 4) is 0 Å². The SMILES string of the molecule is CC(=O)Nc1nc(NC(C)=O)c(Br)cc1Br. The van der Waals surface area contributed by atoms with Crippen molar-refractivity contribution in [1.82, 2.24) is 4.98 Å². The number of nitrogens with zero attached hydrogens (tertiary/aromatic N) is 1. The molecule has 0 bridgehead atoms. The minimum absolute atomic E-state index is 0.232. The number of anilines is 2. The Morgan fingerprint density at radius 1 is 1.06 bits per heavy atom. The van der Waals surface area contributed by atoms with Crippen LogP contribution in [0.5, 0.6) is 0 Å². The minimum atomic E-state index is -0.232. The van der Waals surface area contributed by atoms with Gasteiger partial charge in [0.15, 0.2) is 0 Å². The van der Waals surface area contributed by atoms with E-state index in [9.17, 15) is 9.59 Å². The Balaban J connectivity index is 3.10. The van der Waals surface area contributed by atoms with Crippen LogP contribution in [0.2, 0.25) is 0 Å². The third-order valence-corrected chi connectivity index (χ3v) is 2.73. The van der Waals surface area contributed by atoms with E-state index in [1.165, 1.54) is 13.8 Å². The second-order valence-electron chi connectivity index (χ2n) is 3.01. The van der Waals surface area contributed by atoms with Gasteiger partial charge < -0.3 is 10.6 Å². The van der Waals surface area contributed by atoms with Gasteiger partial charge >= 0.3 is 0 Å². The van der Waals surface area contributed by atoms with E-state index < -0.39 is 0 Å². The highest BCUT2D eigenvalue weighted by atomic mass is 79.9. The summed E-state index contributed by atoms with van der Waals surface area (Å²) < 4.78 is 1.26. The van der Waals surface area contributed by atoms with Gasteiger partial charge in [0.2, 0.25) is 11.8 Å². The number of halogens is 2. The van der Waals surface area contributed by atoms with E-state index in [0.717, 1.165) is 0 Å². The number of hydrogen-bond donors (Lipinski definition) is 2. The van der Waals surface area contributed by atoms with E-state index >= 15 is 0 Å². The Morgan fingerprint density at radius 2 is 1.44 bits per heavy atom. The molecule has 1 aromatic heterocycles. The van der Waals surface area contributed by atoms with Gasteiger partial charge in [-0.2, -0.15) is 0 Å². The summed E-state index contributed by atoms with van der Waals surface area (Å²) in [4.78, 5) is 25.9. The lowest BCUT2D eigenvalue weighted by Crippen LogP contribution is -2.12. The van der Waals surface area contributed by atoms with Crippen LogP contribution in [-0.4, -0.2) is 16.8 Å². The van der Waals surface area contributed by atoms with Crippen LogP contribution in [0.3, 0.4) is 0 Å². The number of hydrogen-bond acceptors (Lipinski definition) is 3. The van der Waals surface area contributed by atoms with Gasteiger partial charge in [-0.1, -0.05) is 0 Å². The molecule has 0 aromatic carbocycles. The van der Waals surface area contributed by atoms with E-state index in [-0.39, 0.29) is 11.8 Å².